The Morgan fingerprint density at radius 3 is 2.50 bits per heavy atom. The third-order valence-corrected chi connectivity index (χ3v) is 5.70. The summed E-state index contributed by atoms with van der Waals surface area (Å²) in [6, 6.07) is 17.5. The molecule has 0 aliphatic carbocycles. The van der Waals surface area contributed by atoms with Gasteiger partial charge in [0.15, 0.2) is 29.6 Å². The fourth-order valence-corrected chi connectivity index (χ4v) is 4.01. The summed E-state index contributed by atoms with van der Waals surface area (Å²) >= 11 is 2.09. The summed E-state index contributed by atoms with van der Waals surface area (Å²) in [4.78, 5) is 24.9. The second-order valence-corrected chi connectivity index (χ2v) is 8.79. The number of rotatable bonds is 13. The van der Waals surface area contributed by atoms with E-state index in [4.69, 9.17) is 18.9 Å². The van der Waals surface area contributed by atoms with Gasteiger partial charge in [0.1, 0.15) is 6.61 Å². The van der Waals surface area contributed by atoms with Crippen molar-refractivity contribution in [1.82, 2.24) is 5.43 Å². The van der Waals surface area contributed by atoms with Crippen molar-refractivity contribution in [3.8, 4) is 23.0 Å². The molecule has 0 aliphatic heterocycles. The number of halogens is 1. The lowest BCUT2D eigenvalue weighted by Crippen LogP contribution is -2.20. The van der Waals surface area contributed by atoms with Gasteiger partial charge in [-0.2, -0.15) is 5.10 Å². The molecule has 2 amide bonds. The fraction of sp³-hybridized carbons (Fsp3) is 0.179. The highest BCUT2D eigenvalue weighted by molar-refractivity contribution is 14.1. The normalized spacial score (nSPS) is 10.5. The second-order valence-electron chi connectivity index (χ2n) is 7.63. The minimum absolute atomic E-state index is 0.189. The van der Waals surface area contributed by atoms with Gasteiger partial charge in [-0.25, -0.2) is 5.43 Å². The van der Waals surface area contributed by atoms with E-state index in [2.05, 4.69) is 45.0 Å². The molecule has 198 valence electrons. The molecule has 3 aromatic carbocycles. The predicted molar refractivity (Wildman–Crippen MR) is 155 cm³/mol. The Balaban J connectivity index is 1.64. The summed E-state index contributed by atoms with van der Waals surface area (Å²) < 4.78 is 23.0. The van der Waals surface area contributed by atoms with E-state index < -0.39 is 5.91 Å². The lowest BCUT2D eigenvalue weighted by molar-refractivity contribution is -0.118. The van der Waals surface area contributed by atoms with Crippen LogP contribution in [0.2, 0.25) is 0 Å². The molecule has 0 spiro atoms. The molecule has 0 aliphatic rings. The molecule has 3 aromatic rings. The Morgan fingerprint density at radius 2 is 1.79 bits per heavy atom. The monoisotopic (exact) mass is 629 g/mol. The first-order valence-corrected chi connectivity index (χ1v) is 12.7. The zero-order chi connectivity index (χ0) is 27.3. The molecule has 0 atom stereocenters. The Bertz CT molecular complexity index is 1300. The van der Waals surface area contributed by atoms with Gasteiger partial charge in [0.05, 0.1) is 23.5 Å². The second kappa shape index (κ2) is 14.6. The highest BCUT2D eigenvalue weighted by Crippen LogP contribution is 2.33. The van der Waals surface area contributed by atoms with Crippen LogP contribution >= 0.6 is 22.6 Å². The molecule has 10 heteroatoms. The van der Waals surface area contributed by atoms with E-state index in [0.29, 0.717) is 56.6 Å². The van der Waals surface area contributed by atoms with Crippen LogP contribution in [0.4, 0.5) is 5.69 Å². The maximum atomic E-state index is 12.6. The summed E-state index contributed by atoms with van der Waals surface area (Å²) in [6.07, 6.45) is 3.11. The van der Waals surface area contributed by atoms with E-state index in [-0.39, 0.29) is 12.5 Å². The van der Waals surface area contributed by atoms with Crippen molar-refractivity contribution in [1.29, 1.82) is 0 Å². The topological polar surface area (TPSA) is 107 Å². The molecule has 0 bridgehead atoms. The summed E-state index contributed by atoms with van der Waals surface area (Å²) in [5.74, 6) is 1.12. The molecule has 0 saturated heterocycles. The first-order chi connectivity index (χ1) is 18.4. The van der Waals surface area contributed by atoms with E-state index >= 15 is 0 Å². The molecule has 0 aromatic heterocycles. The number of anilines is 1. The van der Waals surface area contributed by atoms with Gasteiger partial charge >= 0.3 is 0 Å². The van der Waals surface area contributed by atoms with Gasteiger partial charge in [0, 0.05) is 11.3 Å². The van der Waals surface area contributed by atoms with Crippen molar-refractivity contribution in [3.05, 3.63) is 88.0 Å². The SMILES string of the molecule is C=CCOc1ccc(C(=O)N/N=C/c2cc(I)c(OCC(=O)Nc3ccccc3)c(OC)c2)cc1OCC. The van der Waals surface area contributed by atoms with Gasteiger partial charge in [-0.1, -0.05) is 30.9 Å². The molecule has 0 heterocycles. The molecule has 3 rings (SSSR count). The predicted octanol–water partition coefficient (Wildman–Crippen LogP) is 5.04. The number of carbonyl (C=O) groups is 2. The van der Waals surface area contributed by atoms with Gasteiger partial charge in [-0.05, 0) is 77.5 Å². The van der Waals surface area contributed by atoms with Crippen LogP contribution in [0, 0.1) is 3.57 Å². The molecule has 2 N–H and O–H groups in total. The number of hydrogen-bond donors (Lipinski definition) is 2. The number of hydrogen-bond acceptors (Lipinski definition) is 7. The first-order valence-electron chi connectivity index (χ1n) is 11.6. The van der Waals surface area contributed by atoms with Crippen molar-refractivity contribution in [2.24, 2.45) is 5.10 Å². The van der Waals surface area contributed by atoms with Gasteiger partial charge in [-0.15, -0.1) is 0 Å². The van der Waals surface area contributed by atoms with Gasteiger partial charge in [-0.3, -0.25) is 9.59 Å². The number of benzene rings is 3. The van der Waals surface area contributed by atoms with Gasteiger partial charge < -0.3 is 24.3 Å². The van der Waals surface area contributed by atoms with Crippen LogP contribution in [0.15, 0.2) is 78.4 Å². The highest BCUT2D eigenvalue weighted by atomic mass is 127. The number of nitrogens with zero attached hydrogens (tertiary/aromatic N) is 1. The quantitative estimate of drug-likeness (QED) is 0.119. The molecule has 38 heavy (non-hydrogen) atoms. The van der Waals surface area contributed by atoms with Crippen LogP contribution in [0.5, 0.6) is 23.0 Å². The van der Waals surface area contributed by atoms with Crippen molar-refractivity contribution in [2.45, 2.75) is 6.92 Å². The van der Waals surface area contributed by atoms with Crippen LogP contribution in [-0.4, -0.2) is 45.0 Å². The number of carbonyl (C=O) groups excluding carboxylic acids is 2. The third kappa shape index (κ3) is 8.23. The number of para-hydroxylation sites is 1. The average Bonchev–Trinajstić information content (AvgIpc) is 2.92. The first kappa shape index (κ1) is 28.5. The largest absolute Gasteiger partial charge is 0.493 e. The number of methoxy groups -OCH3 is 1. The molecular formula is C28H28IN3O6. The van der Waals surface area contributed by atoms with Crippen molar-refractivity contribution < 1.29 is 28.5 Å². The van der Waals surface area contributed by atoms with Crippen LogP contribution in [0.1, 0.15) is 22.8 Å². The molecule has 9 nitrogen and oxygen atoms in total. The minimum atomic E-state index is -0.413. The van der Waals surface area contributed by atoms with Crippen LogP contribution < -0.4 is 29.7 Å². The summed E-state index contributed by atoms with van der Waals surface area (Å²) in [5, 5.41) is 6.83. The average molecular weight is 629 g/mol. The molecule has 0 fully saturated rings. The van der Waals surface area contributed by atoms with Crippen molar-refractivity contribution in [3.63, 3.8) is 0 Å². The minimum Gasteiger partial charge on any atom is -0.493 e. The van der Waals surface area contributed by atoms with Crippen LogP contribution in [0.3, 0.4) is 0 Å². The van der Waals surface area contributed by atoms with Crippen LogP contribution in [-0.2, 0) is 4.79 Å². The lowest BCUT2D eigenvalue weighted by Gasteiger charge is -2.13. The highest BCUT2D eigenvalue weighted by Gasteiger charge is 2.14. The van der Waals surface area contributed by atoms with E-state index in [1.54, 1.807) is 48.5 Å². The van der Waals surface area contributed by atoms with E-state index in [1.165, 1.54) is 13.3 Å². The van der Waals surface area contributed by atoms with Crippen molar-refractivity contribution >= 4 is 46.3 Å². The Kier molecular flexibility index (Phi) is 11.0. The molecule has 0 saturated carbocycles. The summed E-state index contributed by atoms with van der Waals surface area (Å²) in [7, 11) is 1.50. The van der Waals surface area contributed by atoms with Crippen LogP contribution in [0.25, 0.3) is 0 Å². The molecule has 0 radical (unpaired) electrons. The van der Waals surface area contributed by atoms with Gasteiger partial charge in [0.2, 0.25) is 0 Å². The lowest BCUT2D eigenvalue weighted by atomic mass is 10.2. The van der Waals surface area contributed by atoms with Crippen molar-refractivity contribution in [2.75, 3.05) is 32.2 Å². The third-order valence-electron chi connectivity index (χ3n) is 4.90. The van der Waals surface area contributed by atoms with E-state index in [9.17, 15) is 9.59 Å². The zero-order valence-electron chi connectivity index (χ0n) is 21.0. The maximum Gasteiger partial charge on any atom is 0.271 e. The summed E-state index contributed by atoms with van der Waals surface area (Å²) in [6.45, 7) is 6.03. The number of hydrazone groups is 1. The zero-order valence-corrected chi connectivity index (χ0v) is 23.2. The fourth-order valence-electron chi connectivity index (χ4n) is 3.23. The smallest absolute Gasteiger partial charge is 0.271 e. The van der Waals surface area contributed by atoms with Gasteiger partial charge in [0.25, 0.3) is 11.8 Å². The van der Waals surface area contributed by atoms with E-state index in [0.717, 1.165) is 0 Å². The molecule has 0 unspecified atom stereocenters. The Labute approximate surface area is 235 Å². The van der Waals surface area contributed by atoms with E-state index in [1.807, 2.05) is 25.1 Å². The summed E-state index contributed by atoms with van der Waals surface area (Å²) in [5.41, 5.74) is 4.21. The molecular weight excluding hydrogens is 601 g/mol. The number of ether oxygens (including phenoxy) is 4. The maximum absolute atomic E-state index is 12.6. The number of amides is 2. The Morgan fingerprint density at radius 1 is 1.00 bits per heavy atom. The Hall–Kier alpha value is -4.06. The standard InChI is InChI=1S/C28H28IN3O6/c1-4-13-37-23-12-11-20(16-24(23)36-5-2)28(34)32-30-17-19-14-22(29)27(25(15-19)35-3)38-18-26(33)31-21-9-7-6-8-10-21/h4,6-12,14-17H,1,5,13,18H2,2-3H3,(H,31,33)(H,32,34)/b30-17+. The number of nitrogens with one attached hydrogen (secondary N) is 2.